The number of carbonyl (C=O) groups excluding carboxylic acids is 1. The smallest absolute Gasteiger partial charge is 0.252 e. The number of nitrogens with zero attached hydrogens (tertiary/aromatic N) is 4. The van der Waals surface area contributed by atoms with Crippen LogP contribution in [0.1, 0.15) is 45.9 Å². The van der Waals surface area contributed by atoms with Crippen molar-refractivity contribution in [3.63, 3.8) is 0 Å². The number of hydrogen-bond acceptors (Lipinski definition) is 6. The van der Waals surface area contributed by atoms with E-state index < -0.39 is 0 Å². The number of aromatic nitrogens is 4. The van der Waals surface area contributed by atoms with Crippen LogP contribution in [0.15, 0.2) is 70.6 Å². The van der Waals surface area contributed by atoms with E-state index in [2.05, 4.69) is 20.6 Å². The summed E-state index contributed by atoms with van der Waals surface area (Å²) in [4.78, 5) is 17.9. The summed E-state index contributed by atoms with van der Waals surface area (Å²) in [5.74, 6) is 1.41. The van der Waals surface area contributed by atoms with Crippen molar-refractivity contribution in [1.82, 2.24) is 25.2 Å². The van der Waals surface area contributed by atoms with Crippen molar-refractivity contribution >= 4 is 17.7 Å². The van der Waals surface area contributed by atoms with Gasteiger partial charge in [0.1, 0.15) is 18.4 Å². The SMILES string of the molecule is Cc1noc(C)c1CSc1ccccc1C(=O)NC(C)c1ccc(-n2cncn2)cc1. The highest BCUT2D eigenvalue weighted by molar-refractivity contribution is 7.98. The Morgan fingerprint density at radius 3 is 2.61 bits per heavy atom. The number of amides is 1. The molecule has 7 nitrogen and oxygen atoms in total. The first-order valence-corrected chi connectivity index (χ1v) is 10.9. The molecule has 0 bridgehead atoms. The second-order valence-corrected chi connectivity index (χ2v) is 8.23. The minimum absolute atomic E-state index is 0.102. The van der Waals surface area contributed by atoms with Crippen molar-refractivity contribution in [3.05, 3.63) is 89.3 Å². The second-order valence-electron chi connectivity index (χ2n) is 7.21. The largest absolute Gasteiger partial charge is 0.361 e. The van der Waals surface area contributed by atoms with Gasteiger partial charge in [-0.3, -0.25) is 4.79 Å². The Labute approximate surface area is 184 Å². The lowest BCUT2D eigenvalue weighted by atomic mass is 10.1. The molecule has 31 heavy (non-hydrogen) atoms. The van der Waals surface area contributed by atoms with Gasteiger partial charge in [0.05, 0.1) is 23.0 Å². The van der Waals surface area contributed by atoms with Crippen LogP contribution in [-0.4, -0.2) is 25.8 Å². The van der Waals surface area contributed by atoms with Crippen LogP contribution in [0.5, 0.6) is 0 Å². The summed E-state index contributed by atoms with van der Waals surface area (Å²) in [5, 5.41) is 11.2. The summed E-state index contributed by atoms with van der Waals surface area (Å²) in [7, 11) is 0. The predicted molar refractivity (Wildman–Crippen MR) is 119 cm³/mol. The van der Waals surface area contributed by atoms with Crippen LogP contribution >= 0.6 is 11.8 Å². The maximum absolute atomic E-state index is 13.0. The molecule has 4 aromatic rings. The second kappa shape index (κ2) is 9.18. The number of hydrogen-bond donors (Lipinski definition) is 1. The summed E-state index contributed by atoms with van der Waals surface area (Å²) in [6.45, 7) is 5.81. The number of nitrogens with one attached hydrogen (secondary N) is 1. The lowest BCUT2D eigenvalue weighted by molar-refractivity contribution is 0.0937. The molecule has 1 unspecified atom stereocenters. The van der Waals surface area contributed by atoms with Gasteiger partial charge in [0.2, 0.25) is 0 Å². The van der Waals surface area contributed by atoms with Crippen LogP contribution in [0.3, 0.4) is 0 Å². The molecule has 0 aliphatic rings. The maximum atomic E-state index is 13.0. The summed E-state index contributed by atoms with van der Waals surface area (Å²) in [5.41, 5.74) is 4.54. The van der Waals surface area contributed by atoms with Crippen molar-refractivity contribution in [2.24, 2.45) is 0 Å². The first-order chi connectivity index (χ1) is 15.0. The normalized spacial score (nSPS) is 12.0. The third-order valence-electron chi connectivity index (χ3n) is 5.11. The van der Waals surface area contributed by atoms with Crippen LogP contribution in [0.4, 0.5) is 0 Å². The first-order valence-electron chi connectivity index (χ1n) is 9.92. The lowest BCUT2D eigenvalue weighted by Crippen LogP contribution is -2.27. The zero-order valence-corrected chi connectivity index (χ0v) is 18.4. The Morgan fingerprint density at radius 1 is 1.16 bits per heavy atom. The summed E-state index contributed by atoms with van der Waals surface area (Å²) < 4.78 is 6.94. The number of thioether (sulfide) groups is 1. The van der Waals surface area contributed by atoms with Crippen LogP contribution < -0.4 is 5.32 Å². The van der Waals surface area contributed by atoms with E-state index in [1.807, 2.05) is 69.3 Å². The molecule has 1 N–H and O–H groups in total. The Bertz CT molecular complexity index is 1150. The van der Waals surface area contributed by atoms with E-state index in [1.165, 1.54) is 6.33 Å². The Balaban J connectivity index is 1.44. The molecule has 0 spiro atoms. The first kappa shape index (κ1) is 20.9. The van der Waals surface area contributed by atoms with Gasteiger partial charge in [-0.25, -0.2) is 9.67 Å². The molecular weight excluding hydrogens is 410 g/mol. The Kier molecular flexibility index (Phi) is 6.18. The fraction of sp³-hybridized carbons (Fsp3) is 0.217. The van der Waals surface area contributed by atoms with Crippen LogP contribution in [-0.2, 0) is 5.75 Å². The number of carbonyl (C=O) groups is 1. The third-order valence-corrected chi connectivity index (χ3v) is 6.21. The van der Waals surface area contributed by atoms with E-state index in [1.54, 1.807) is 22.8 Å². The molecule has 1 amide bonds. The number of benzene rings is 2. The quantitative estimate of drug-likeness (QED) is 0.427. The highest BCUT2D eigenvalue weighted by atomic mass is 32.2. The van der Waals surface area contributed by atoms with Gasteiger partial charge >= 0.3 is 0 Å². The highest BCUT2D eigenvalue weighted by Gasteiger charge is 2.17. The molecule has 2 aromatic carbocycles. The van der Waals surface area contributed by atoms with Gasteiger partial charge in [-0.15, -0.1) is 11.8 Å². The van der Waals surface area contributed by atoms with Gasteiger partial charge in [-0.05, 0) is 50.6 Å². The van der Waals surface area contributed by atoms with E-state index in [9.17, 15) is 4.79 Å². The minimum atomic E-state index is -0.141. The maximum Gasteiger partial charge on any atom is 0.252 e. The molecule has 0 saturated carbocycles. The molecule has 0 aliphatic heterocycles. The summed E-state index contributed by atoms with van der Waals surface area (Å²) >= 11 is 1.61. The van der Waals surface area contributed by atoms with Crippen LogP contribution in [0.2, 0.25) is 0 Å². The van der Waals surface area contributed by atoms with E-state index in [-0.39, 0.29) is 11.9 Å². The molecule has 0 radical (unpaired) electrons. The van der Waals surface area contributed by atoms with Crippen LogP contribution in [0, 0.1) is 13.8 Å². The molecule has 158 valence electrons. The third kappa shape index (κ3) is 4.69. The summed E-state index contributed by atoms with van der Waals surface area (Å²) in [6, 6.07) is 15.4. The highest BCUT2D eigenvalue weighted by Crippen LogP contribution is 2.29. The van der Waals surface area contributed by atoms with Gasteiger partial charge in [-0.1, -0.05) is 29.4 Å². The fourth-order valence-corrected chi connectivity index (χ4v) is 4.46. The zero-order valence-electron chi connectivity index (χ0n) is 17.6. The molecule has 2 heterocycles. The molecule has 4 rings (SSSR count). The van der Waals surface area contributed by atoms with Gasteiger partial charge in [0.25, 0.3) is 5.91 Å². The van der Waals surface area contributed by atoms with E-state index in [4.69, 9.17) is 4.52 Å². The molecule has 0 aliphatic carbocycles. The van der Waals surface area contributed by atoms with Gasteiger partial charge in [0.15, 0.2) is 0 Å². The van der Waals surface area contributed by atoms with E-state index in [0.29, 0.717) is 11.3 Å². The average molecular weight is 434 g/mol. The Hall–Kier alpha value is -3.39. The van der Waals surface area contributed by atoms with Gasteiger partial charge < -0.3 is 9.84 Å². The van der Waals surface area contributed by atoms with Crippen molar-refractivity contribution in [3.8, 4) is 5.69 Å². The van der Waals surface area contributed by atoms with Crippen LogP contribution in [0.25, 0.3) is 5.69 Å². The van der Waals surface area contributed by atoms with Crippen molar-refractivity contribution in [2.45, 2.75) is 37.5 Å². The van der Waals surface area contributed by atoms with Crippen molar-refractivity contribution in [2.75, 3.05) is 0 Å². The molecule has 0 fully saturated rings. The van der Waals surface area contributed by atoms with E-state index >= 15 is 0 Å². The molecule has 0 saturated heterocycles. The number of rotatable bonds is 7. The molecule has 8 heteroatoms. The lowest BCUT2D eigenvalue weighted by Gasteiger charge is -2.16. The van der Waals surface area contributed by atoms with Gasteiger partial charge in [0, 0.05) is 16.2 Å². The predicted octanol–water partition coefficient (Wildman–Crippen LogP) is 4.66. The van der Waals surface area contributed by atoms with Crippen molar-refractivity contribution in [1.29, 1.82) is 0 Å². The standard InChI is InChI=1S/C23H23N5O2S/c1-15(18-8-10-19(11-9-18)28-14-24-13-25-28)26-23(29)20-6-4-5-7-22(20)31-12-21-16(2)27-30-17(21)3/h4-11,13-15H,12H2,1-3H3,(H,26,29). The van der Waals surface area contributed by atoms with E-state index in [0.717, 1.165) is 33.2 Å². The molecular formula is C23H23N5O2S. The molecule has 1 atom stereocenters. The minimum Gasteiger partial charge on any atom is -0.361 e. The Morgan fingerprint density at radius 2 is 1.94 bits per heavy atom. The topological polar surface area (TPSA) is 85.8 Å². The van der Waals surface area contributed by atoms with Crippen molar-refractivity contribution < 1.29 is 9.32 Å². The van der Waals surface area contributed by atoms with Gasteiger partial charge in [-0.2, -0.15) is 5.10 Å². The summed E-state index contributed by atoms with van der Waals surface area (Å²) in [6.07, 6.45) is 3.15. The zero-order chi connectivity index (χ0) is 21.8. The molecule has 2 aromatic heterocycles. The monoisotopic (exact) mass is 433 g/mol. The average Bonchev–Trinajstić information content (AvgIpc) is 3.43. The fourth-order valence-electron chi connectivity index (χ4n) is 3.25. The number of aryl methyl sites for hydroxylation is 2.